The molecule has 1 rings (SSSR count). The summed E-state index contributed by atoms with van der Waals surface area (Å²) in [5, 5.41) is 0. The van der Waals surface area contributed by atoms with Crippen molar-refractivity contribution in [2.24, 2.45) is 5.73 Å². The van der Waals surface area contributed by atoms with Gasteiger partial charge in [0.1, 0.15) is 0 Å². The van der Waals surface area contributed by atoms with Crippen molar-refractivity contribution in [1.29, 1.82) is 0 Å². The Morgan fingerprint density at radius 2 is 1.93 bits per heavy atom. The fourth-order valence-electron chi connectivity index (χ4n) is 1.42. The van der Waals surface area contributed by atoms with Crippen molar-refractivity contribution < 1.29 is 0 Å². The first-order valence-electron chi connectivity index (χ1n) is 5.47. The van der Waals surface area contributed by atoms with E-state index in [1.54, 1.807) is 0 Å². The summed E-state index contributed by atoms with van der Waals surface area (Å²) in [5.41, 5.74) is 5.54. The predicted octanol–water partition coefficient (Wildman–Crippen LogP) is 2.06. The van der Waals surface area contributed by atoms with E-state index in [0.717, 1.165) is 31.9 Å². The Morgan fingerprint density at radius 3 is 2.53 bits per heavy atom. The number of nitrogens with zero attached hydrogens (tertiary/aromatic N) is 1. The van der Waals surface area contributed by atoms with E-state index < -0.39 is 0 Å². The fraction of sp³-hybridized carbons (Fsp3) is 0.500. The number of hydrogen-bond acceptors (Lipinski definition) is 3. The van der Waals surface area contributed by atoms with Gasteiger partial charge >= 0.3 is 0 Å². The van der Waals surface area contributed by atoms with Crippen molar-refractivity contribution in [1.82, 2.24) is 4.90 Å². The average molecular weight is 224 g/mol. The van der Waals surface area contributed by atoms with E-state index in [0.29, 0.717) is 0 Å². The van der Waals surface area contributed by atoms with Gasteiger partial charge in [-0.3, -0.25) is 0 Å². The molecule has 2 N–H and O–H groups in total. The lowest BCUT2D eigenvalue weighted by molar-refractivity contribution is 0.315. The van der Waals surface area contributed by atoms with Crippen LogP contribution in [0.2, 0.25) is 0 Å². The molecule has 0 aliphatic rings. The van der Waals surface area contributed by atoms with Crippen molar-refractivity contribution in [2.75, 3.05) is 31.9 Å². The lowest BCUT2D eigenvalue weighted by Crippen LogP contribution is -2.31. The quantitative estimate of drug-likeness (QED) is 0.719. The van der Waals surface area contributed by atoms with Crippen molar-refractivity contribution in [3.63, 3.8) is 0 Å². The fourth-order valence-corrected chi connectivity index (χ4v) is 2.35. The van der Waals surface area contributed by atoms with Crippen molar-refractivity contribution in [3.05, 3.63) is 30.3 Å². The van der Waals surface area contributed by atoms with Gasteiger partial charge in [-0.25, -0.2) is 0 Å². The molecule has 0 saturated carbocycles. The molecule has 0 unspecified atom stereocenters. The van der Waals surface area contributed by atoms with Crippen LogP contribution in [0.5, 0.6) is 0 Å². The minimum Gasteiger partial charge on any atom is -0.329 e. The van der Waals surface area contributed by atoms with Gasteiger partial charge in [0, 0.05) is 30.3 Å². The SMILES string of the molecule is CCN(CCN)CCSc1ccccc1. The molecular weight excluding hydrogens is 204 g/mol. The molecule has 1 aromatic carbocycles. The average Bonchev–Trinajstić information content (AvgIpc) is 2.29. The zero-order chi connectivity index (χ0) is 10.9. The molecule has 0 fully saturated rings. The summed E-state index contributed by atoms with van der Waals surface area (Å²) in [6, 6.07) is 10.5. The van der Waals surface area contributed by atoms with Crippen LogP contribution in [0.4, 0.5) is 0 Å². The van der Waals surface area contributed by atoms with Crippen LogP contribution >= 0.6 is 11.8 Å². The molecule has 0 amide bonds. The molecule has 1 aromatic rings. The van der Waals surface area contributed by atoms with Crippen LogP contribution in [0.3, 0.4) is 0 Å². The Morgan fingerprint density at radius 1 is 1.20 bits per heavy atom. The van der Waals surface area contributed by atoms with Gasteiger partial charge in [-0.1, -0.05) is 25.1 Å². The predicted molar refractivity (Wildman–Crippen MR) is 68.3 cm³/mol. The number of hydrogen-bond donors (Lipinski definition) is 1. The summed E-state index contributed by atoms with van der Waals surface area (Å²) in [5.74, 6) is 1.14. The minimum absolute atomic E-state index is 0.754. The summed E-state index contributed by atoms with van der Waals surface area (Å²) >= 11 is 1.91. The molecule has 0 radical (unpaired) electrons. The molecule has 84 valence electrons. The highest BCUT2D eigenvalue weighted by Crippen LogP contribution is 2.16. The van der Waals surface area contributed by atoms with Crippen molar-refractivity contribution >= 4 is 11.8 Å². The van der Waals surface area contributed by atoms with Gasteiger partial charge in [0.25, 0.3) is 0 Å². The highest BCUT2D eigenvalue weighted by atomic mass is 32.2. The summed E-state index contributed by atoms with van der Waals surface area (Å²) in [4.78, 5) is 3.73. The van der Waals surface area contributed by atoms with E-state index in [-0.39, 0.29) is 0 Å². The van der Waals surface area contributed by atoms with E-state index in [1.165, 1.54) is 4.90 Å². The Kier molecular flexibility index (Phi) is 6.48. The lowest BCUT2D eigenvalue weighted by atomic mass is 10.4. The highest BCUT2D eigenvalue weighted by molar-refractivity contribution is 7.99. The van der Waals surface area contributed by atoms with Crippen LogP contribution < -0.4 is 5.73 Å². The summed E-state index contributed by atoms with van der Waals surface area (Å²) in [6.45, 7) is 6.15. The molecule has 3 heteroatoms. The summed E-state index contributed by atoms with van der Waals surface area (Å²) in [6.07, 6.45) is 0. The third-order valence-electron chi connectivity index (χ3n) is 2.31. The molecule has 0 aliphatic heterocycles. The first-order valence-corrected chi connectivity index (χ1v) is 6.45. The molecule has 0 bridgehead atoms. The lowest BCUT2D eigenvalue weighted by Gasteiger charge is -2.18. The summed E-state index contributed by atoms with van der Waals surface area (Å²) in [7, 11) is 0. The number of nitrogens with two attached hydrogens (primary N) is 1. The molecule has 15 heavy (non-hydrogen) atoms. The standard InChI is InChI=1S/C12H20N2S/c1-2-14(9-8-13)10-11-15-12-6-4-3-5-7-12/h3-7H,2,8-11,13H2,1H3. The molecular formula is C12H20N2S. The topological polar surface area (TPSA) is 29.3 Å². The van der Waals surface area contributed by atoms with Gasteiger partial charge in [0.2, 0.25) is 0 Å². The number of thioether (sulfide) groups is 1. The van der Waals surface area contributed by atoms with Gasteiger partial charge in [-0.15, -0.1) is 11.8 Å². The maximum Gasteiger partial charge on any atom is 0.0108 e. The molecule has 0 aliphatic carbocycles. The van der Waals surface area contributed by atoms with Crippen LogP contribution in [-0.4, -0.2) is 36.8 Å². The minimum atomic E-state index is 0.754. The second-order valence-electron chi connectivity index (χ2n) is 3.38. The Balaban J connectivity index is 2.20. The summed E-state index contributed by atoms with van der Waals surface area (Å²) < 4.78 is 0. The first kappa shape index (κ1) is 12.6. The molecule has 0 spiro atoms. The third kappa shape index (κ3) is 5.21. The van der Waals surface area contributed by atoms with Crippen LogP contribution in [0.15, 0.2) is 35.2 Å². The smallest absolute Gasteiger partial charge is 0.0108 e. The Hall–Kier alpha value is -0.510. The van der Waals surface area contributed by atoms with E-state index in [9.17, 15) is 0 Å². The third-order valence-corrected chi connectivity index (χ3v) is 3.30. The van der Waals surface area contributed by atoms with Crippen LogP contribution in [0, 0.1) is 0 Å². The highest BCUT2D eigenvalue weighted by Gasteiger charge is 2.00. The van der Waals surface area contributed by atoms with E-state index in [1.807, 2.05) is 11.8 Å². The molecule has 2 nitrogen and oxygen atoms in total. The van der Waals surface area contributed by atoms with Gasteiger partial charge in [-0.2, -0.15) is 0 Å². The Bertz CT molecular complexity index is 251. The van der Waals surface area contributed by atoms with E-state index >= 15 is 0 Å². The largest absolute Gasteiger partial charge is 0.329 e. The second kappa shape index (κ2) is 7.74. The van der Waals surface area contributed by atoms with Gasteiger partial charge in [-0.05, 0) is 18.7 Å². The zero-order valence-corrected chi connectivity index (χ0v) is 10.2. The Labute approximate surface area is 96.8 Å². The van der Waals surface area contributed by atoms with Gasteiger partial charge in [0.15, 0.2) is 0 Å². The molecule has 0 saturated heterocycles. The van der Waals surface area contributed by atoms with Gasteiger partial charge in [0.05, 0.1) is 0 Å². The second-order valence-corrected chi connectivity index (χ2v) is 4.55. The molecule has 0 atom stereocenters. The van der Waals surface area contributed by atoms with Crippen molar-refractivity contribution in [2.45, 2.75) is 11.8 Å². The van der Waals surface area contributed by atoms with Crippen molar-refractivity contribution in [3.8, 4) is 0 Å². The van der Waals surface area contributed by atoms with E-state index in [4.69, 9.17) is 5.73 Å². The number of rotatable bonds is 7. The number of benzene rings is 1. The maximum absolute atomic E-state index is 5.54. The van der Waals surface area contributed by atoms with Crippen LogP contribution in [0.25, 0.3) is 0 Å². The van der Waals surface area contributed by atoms with Crippen LogP contribution in [-0.2, 0) is 0 Å². The number of likely N-dealkylation sites (N-methyl/N-ethyl adjacent to an activating group) is 1. The monoisotopic (exact) mass is 224 g/mol. The molecule has 0 heterocycles. The van der Waals surface area contributed by atoms with Gasteiger partial charge < -0.3 is 10.6 Å². The first-order chi connectivity index (χ1) is 7.36. The normalized spacial score (nSPS) is 10.9. The van der Waals surface area contributed by atoms with Crippen LogP contribution in [0.1, 0.15) is 6.92 Å². The zero-order valence-electron chi connectivity index (χ0n) is 9.36. The molecule has 0 aromatic heterocycles. The van der Waals surface area contributed by atoms with E-state index in [2.05, 4.69) is 42.2 Å². The maximum atomic E-state index is 5.54.